The molecule has 7 nitrogen and oxygen atoms in total. The molecule has 3 aromatic heterocycles. The highest BCUT2D eigenvalue weighted by molar-refractivity contribution is 6.08. The fraction of sp³-hybridized carbons (Fsp3) is 0.188. The van der Waals surface area contributed by atoms with E-state index in [1.165, 1.54) is 6.33 Å². The molecule has 1 aliphatic rings. The van der Waals surface area contributed by atoms with Crippen LogP contribution in [0.2, 0.25) is 0 Å². The molecule has 1 aliphatic carbocycles. The van der Waals surface area contributed by atoms with E-state index in [9.17, 15) is 4.79 Å². The van der Waals surface area contributed by atoms with Crippen molar-refractivity contribution in [2.24, 2.45) is 0 Å². The van der Waals surface area contributed by atoms with E-state index in [2.05, 4.69) is 30.5 Å². The lowest BCUT2D eigenvalue weighted by Gasteiger charge is -2.07. The number of nitrogens with one attached hydrogen (secondary N) is 2. The van der Waals surface area contributed by atoms with E-state index in [4.69, 9.17) is 0 Å². The third-order valence-electron chi connectivity index (χ3n) is 3.92. The van der Waals surface area contributed by atoms with Crippen LogP contribution in [0.4, 0.5) is 5.82 Å². The van der Waals surface area contributed by atoms with E-state index in [0.29, 0.717) is 11.4 Å². The molecule has 0 aliphatic heterocycles. The van der Waals surface area contributed by atoms with Crippen LogP contribution in [-0.2, 0) is 12.8 Å². The fourth-order valence-corrected chi connectivity index (χ4v) is 2.89. The molecule has 2 N–H and O–H groups in total. The van der Waals surface area contributed by atoms with E-state index in [0.717, 1.165) is 41.8 Å². The SMILES string of the molecule is O=C(Nc1cccnn1)c1c[nH]c2c1-c1ncncc1CCC2. The third-order valence-corrected chi connectivity index (χ3v) is 3.92. The maximum atomic E-state index is 12.6. The van der Waals surface area contributed by atoms with Gasteiger partial charge in [0.15, 0.2) is 5.82 Å². The van der Waals surface area contributed by atoms with Crippen LogP contribution in [0.5, 0.6) is 0 Å². The van der Waals surface area contributed by atoms with Crippen LogP contribution in [0.25, 0.3) is 11.3 Å². The van der Waals surface area contributed by atoms with Crippen molar-refractivity contribution in [3.8, 4) is 11.3 Å². The Labute approximate surface area is 132 Å². The second-order valence-electron chi connectivity index (χ2n) is 5.37. The first-order valence-electron chi connectivity index (χ1n) is 7.41. The summed E-state index contributed by atoms with van der Waals surface area (Å²) in [6.45, 7) is 0. The Kier molecular flexibility index (Phi) is 3.30. The number of nitrogens with zero attached hydrogens (tertiary/aromatic N) is 4. The van der Waals surface area contributed by atoms with Crippen LogP contribution in [0.15, 0.2) is 37.1 Å². The molecule has 0 bridgehead atoms. The summed E-state index contributed by atoms with van der Waals surface area (Å²) < 4.78 is 0. The monoisotopic (exact) mass is 306 g/mol. The quantitative estimate of drug-likeness (QED) is 0.755. The van der Waals surface area contributed by atoms with Gasteiger partial charge < -0.3 is 10.3 Å². The lowest BCUT2D eigenvalue weighted by atomic mass is 10.0. The van der Waals surface area contributed by atoms with Crippen LogP contribution in [0.3, 0.4) is 0 Å². The highest BCUT2D eigenvalue weighted by Gasteiger charge is 2.24. The van der Waals surface area contributed by atoms with Gasteiger partial charge in [-0.15, -0.1) is 5.10 Å². The first-order chi connectivity index (χ1) is 11.3. The zero-order chi connectivity index (χ0) is 15.6. The van der Waals surface area contributed by atoms with Gasteiger partial charge in [0.25, 0.3) is 5.91 Å². The maximum Gasteiger partial charge on any atom is 0.259 e. The van der Waals surface area contributed by atoms with E-state index in [1.807, 2.05) is 6.20 Å². The van der Waals surface area contributed by atoms with E-state index < -0.39 is 0 Å². The van der Waals surface area contributed by atoms with Gasteiger partial charge in [0.2, 0.25) is 0 Å². The third kappa shape index (κ3) is 2.46. The van der Waals surface area contributed by atoms with Gasteiger partial charge in [0.1, 0.15) is 6.33 Å². The molecular formula is C16H14N6O. The molecule has 0 aromatic carbocycles. The predicted octanol–water partition coefficient (Wildman–Crippen LogP) is 2.00. The van der Waals surface area contributed by atoms with E-state index in [1.54, 1.807) is 24.5 Å². The van der Waals surface area contributed by atoms with Crippen LogP contribution >= 0.6 is 0 Å². The minimum absolute atomic E-state index is 0.227. The standard InChI is InChI=1S/C16H14N6O/c23-16(21-13-5-2-6-20-22-13)11-8-18-12-4-1-3-10-7-17-9-19-15(10)14(11)12/h2,5-9,18H,1,3-4H2,(H,21,22,23). The van der Waals surface area contributed by atoms with Gasteiger partial charge in [-0.2, -0.15) is 5.10 Å². The molecule has 3 aromatic rings. The van der Waals surface area contributed by atoms with Gasteiger partial charge in [-0.05, 0) is 37.0 Å². The smallest absolute Gasteiger partial charge is 0.259 e. The Morgan fingerprint density at radius 1 is 1.30 bits per heavy atom. The Hall–Kier alpha value is -3.09. The fourth-order valence-electron chi connectivity index (χ4n) is 2.89. The highest BCUT2D eigenvalue weighted by atomic mass is 16.1. The predicted molar refractivity (Wildman–Crippen MR) is 83.8 cm³/mol. The lowest BCUT2D eigenvalue weighted by molar-refractivity contribution is 0.102. The summed E-state index contributed by atoms with van der Waals surface area (Å²) in [7, 11) is 0. The summed E-state index contributed by atoms with van der Waals surface area (Å²) in [5.74, 6) is 0.193. The summed E-state index contributed by atoms with van der Waals surface area (Å²) in [6.07, 6.45) is 9.42. The molecule has 1 amide bonds. The molecule has 7 heteroatoms. The Balaban J connectivity index is 1.76. The van der Waals surface area contributed by atoms with Gasteiger partial charge in [-0.1, -0.05) is 0 Å². The van der Waals surface area contributed by atoms with Crippen LogP contribution in [0.1, 0.15) is 28.0 Å². The number of anilines is 1. The Bertz CT molecular complexity index is 858. The molecule has 3 heterocycles. The molecule has 0 atom stereocenters. The van der Waals surface area contributed by atoms with Crippen LogP contribution < -0.4 is 5.32 Å². The molecule has 4 rings (SSSR count). The van der Waals surface area contributed by atoms with Gasteiger partial charge >= 0.3 is 0 Å². The second kappa shape index (κ2) is 5.60. The van der Waals surface area contributed by atoms with E-state index >= 15 is 0 Å². The minimum atomic E-state index is -0.227. The van der Waals surface area contributed by atoms with Crippen molar-refractivity contribution in [2.75, 3.05) is 5.32 Å². The van der Waals surface area contributed by atoms with Crippen molar-refractivity contribution in [1.82, 2.24) is 25.1 Å². The average molecular weight is 306 g/mol. The number of aromatic nitrogens is 5. The number of carbonyl (C=O) groups is 1. The number of amides is 1. The summed E-state index contributed by atoms with van der Waals surface area (Å²) in [6, 6.07) is 3.43. The lowest BCUT2D eigenvalue weighted by Crippen LogP contribution is -2.14. The van der Waals surface area contributed by atoms with Crippen molar-refractivity contribution in [2.45, 2.75) is 19.3 Å². The second-order valence-corrected chi connectivity index (χ2v) is 5.37. The van der Waals surface area contributed by atoms with E-state index in [-0.39, 0.29) is 5.91 Å². The molecule has 0 saturated heterocycles. The van der Waals surface area contributed by atoms with Crippen molar-refractivity contribution >= 4 is 11.7 Å². The number of fused-ring (bicyclic) bond motifs is 3. The summed E-state index contributed by atoms with van der Waals surface area (Å²) in [4.78, 5) is 24.3. The number of hydrogen-bond donors (Lipinski definition) is 2. The zero-order valence-electron chi connectivity index (χ0n) is 12.3. The van der Waals surface area contributed by atoms with Crippen molar-refractivity contribution < 1.29 is 4.79 Å². The molecular weight excluding hydrogens is 292 g/mol. The molecule has 114 valence electrons. The van der Waals surface area contributed by atoms with Crippen LogP contribution in [0, 0.1) is 0 Å². The van der Waals surface area contributed by atoms with Gasteiger partial charge in [0, 0.05) is 29.8 Å². The van der Waals surface area contributed by atoms with Crippen LogP contribution in [-0.4, -0.2) is 31.1 Å². The molecule has 0 fully saturated rings. The molecule has 0 radical (unpaired) electrons. The van der Waals surface area contributed by atoms with Gasteiger partial charge in [-0.25, -0.2) is 9.97 Å². The first-order valence-corrected chi connectivity index (χ1v) is 7.41. The number of aryl methyl sites for hydroxylation is 2. The Morgan fingerprint density at radius 2 is 2.26 bits per heavy atom. The first kappa shape index (κ1) is 13.6. The molecule has 0 unspecified atom stereocenters. The molecule has 0 saturated carbocycles. The van der Waals surface area contributed by atoms with Crippen molar-refractivity contribution in [3.05, 3.63) is 53.9 Å². The summed E-state index contributed by atoms with van der Waals surface area (Å²) in [5.41, 5.74) is 4.36. The summed E-state index contributed by atoms with van der Waals surface area (Å²) >= 11 is 0. The highest BCUT2D eigenvalue weighted by Crippen LogP contribution is 2.33. The van der Waals surface area contributed by atoms with Crippen molar-refractivity contribution in [3.63, 3.8) is 0 Å². The minimum Gasteiger partial charge on any atom is -0.364 e. The number of aromatic amines is 1. The summed E-state index contributed by atoms with van der Waals surface area (Å²) in [5, 5.41) is 10.4. The number of H-pyrrole nitrogens is 1. The zero-order valence-corrected chi connectivity index (χ0v) is 12.3. The topological polar surface area (TPSA) is 96.5 Å². The van der Waals surface area contributed by atoms with Gasteiger partial charge in [-0.3, -0.25) is 4.79 Å². The van der Waals surface area contributed by atoms with Crippen molar-refractivity contribution in [1.29, 1.82) is 0 Å². The molecule has 23 heavy (non-hydrogen) atoms. The largest absolute Gasteiger partial charge is 0.364 e. The average Bonchev–Trinajstić information content (AvgIpc) is 2.92. The number of rotatable bonds is 2. The molecule has 0 spiro atoms. The van der Waals surface area contributed by atoms with Gasteiger partial charge in [0.05, 0.1) is 11.3 Å². The normalized spacial score (nSPS) is 12.9. The maximum absolute atomic E-state index is 12.6. The number of carbonyl (C=O) groups excluding carboxylic acids is 1. The number of hydrogen-bond acceptors (Lipinski definition) is 5. The Morgan fingerprint density at radius 3 is 3.13 bits per heavy atom.